The molecule has 1 N–H and O–H groups in total. The maximum absolute atomic E-state index is 12.9. The van der Waals surface area contributed by atoms with Crippen LogP contribution >= 0.6 is 11.6 Å². The van der Waals surface area contributed by atoms with E-state index in [9.17, 15) is 4.79 Å². The number of hydrogen-bond donors (Lipinski definition) is 1. The lowest BCUT2D eigenvalue weighted by atomic mass is 10.1. The molecule has 146 valence electrons. The summed E-state index contributed by atoms with van der Waals surface area (Å²) >= 11 is 6.19. The molecule has 3 heterocycles. The van der Waals surface area contributed by atoms with Crippen LogP contribution in [0.4, 0.5) is 5.82 Å². The van der Waals surface area contributed by atoms with Gasteiger partial charge >= 0.3 is 0 Å². The number of nitrogens with one attached hydrogen (secondary N) is 1. The number of nitrogens with zero attached hydrogens (tertiary/aromatic N) is 3. The normalized spacial score (nSPS) is 10.9. The van der Waals surface area contributed by atoms with Crippen LogP contribution in [0.15, 0.2) is 60.9 Å². The van der Waals surface area contributed by atoms with Gasteiger partial charge in [0.15, 0.2) is 0 Å². The average molecular weight is 407 g/mol. The SMILES string of the molecule is CCOc1ccc(Cl)cc1-c1cn2cccc(C(=O)Nc3cccc(C)n3)c2n1. The van der Waals surface area contributed by atoms with E-state index in [4.69, 9.17) is 21.3 Å². The van der Waals surface area contributed by atoms with Gasteiger partial charge in [-0.3, -0.25) is 4.79 Å². The number of anilines is 1. The zero-order valence-electron chi connectivity index (χ0n) is 16.0. The predicted octanol–water partition coefficient (Wildman–Crippen LogP) is 5.01. The molecule has 4 rings (SSSR count). The van der Waals surface area contributed by atoms with Crippen LogP contribution in [-0.2, 0) is 0 Å². The molecule has 0 unspecified atom stereocenters. The van der Waals surface area contributed by atoms with E-state index in [1.54, 1.807) is 24.3 Å². The molecule has 1 aromatic carbocycles. The number of aryl methyl sites for hydroxylation is 1. The van der Waals surface area contributed by atoms with Gasteiger partial charge in [-0.25, -0.2) is 9.97 Å². The van der Waals surface area contributed by atoms with E-state index in [-0.39, 0.29) is 5.91 Å². The third-order valence-corrected chi connectivity index (χ3v) is 4.61. The van der Waals surface area contributed by atoms with Crippen molar-refractivity contribution in [2.24, 2.45) is 0 Å². The summed E-state index contributed by atoms with van der Waals surface area (Å²) in [6, 6.07) is 14.4. The highest BCUT2D eigenvalue weighted by atomic mass is 35.5. The number of imidazole rings is 1. The quantitative estimate of drug-likeness (QED) is 0.506. The lowest BCUT2D eigenvalue weighted by molar-refractivity contribution is 0.102. The van der Waals surface area contributed by atoms with Gasteiger partial charge in [-0.15, -0.1) is 0 Å². The Hall–Kier alpha value is -3.38. The predicted molar refractivity (Wildman–Crippen MR) is 114 cm³/mol. The zero-order chi connectivity index (χ0) is 20.4. The largest absolute Gasteiger partial charge is 0.493 e. The molecule has 0 aliphatic heterocycles. The van der Waals surface area contributed by atoms with Crippen LogP contribution in [-0.4, -0.2) is 26.9 Å². The number of benzene rings is 1. The first-order chi connectivity index (χ1) is 14.0. The number of halogens is 1. The third kappa shape index (κ3) is 3.93. The topological polar surface area (TPSA) is 68.5 Å². The fourth-order valence-electron chi connectivity index (χ4n) is 3.10. The fraction of sp³-hybridized carbons (Fsp3) is 0.136. The first-order valence-corrected chi connectivity index (χ1v) is 9.58. The molecule has 3 aromatic heterocycles. The van der Waals surface area contributed by atoms with Crippen molar-refractivity contribution in [2.45, 2.75) is 13.8 Å². The van der Waals surface area contributed by atoms with Crippen LogP contribution in [0.2, 0.25) is 5.02 Å². The first-order valence-electron chi connectivity index (χ1n) is 9.20. The van der Waals surface area contributed by atoms with Crippen LogP contribution < -0.4 is 10.1 Å². The van der Waals surface area contributed by atoms with Gasteiger partial charge in [0.05, 0.1) is 17.9 Å². The molecule has 29 heavy (non-hydrogen) atoms. The van der Waals surface area contributed by atoms with Crippen LogP contribution in [0.5, 0.6) is 5.75 Å². The van der Waals surface area contributed by atoms with Gasteiger partial charge in [0.25, 0.3) is 5.91 Å². The van der Waals surface area contributed by atoms with Gasteiger partial charge in [0.1, 0.15) is 17.2 Å². The lowest BCUT2D eigenvalue weighted by Gasteiger charge is -2.08. The highest BCUT2D eigenvalue weighted by Gasteiger charge is 2.17. The number of carbonyl (C=O) groups is 1. The second kappa shape index (κ2) is 7.93. The second-order valence-electron chi connectivity index (χ2n) is 6.47. The minimum absolute atomic E-state index is 0.276. The number of amides is 1. The van der Waals surface area contributed by atoms with Gasteiger partial charge in [0, 0.05) is 28.7 Å². The number of pyridine rings is 2. The Labute approximate surface area is 173 Å². The number of fused-ring (bicyclic) bond motifs is 1. The Bertz CT molecular complexity index is 1200. The highest BCUT2D eigenvalue weighted by Crippen LogP contribution is 2.32. The van der Waals surface area contributed by atoms with Gasteiger partial charge in [-0.2, -0.15) is 0 Å². The van der Waals surface area contributed by atoms with Gasteiger partial charge < -0.3 is 14.5 Å². The molecule has 0 bridgehead atoms. The molecular weight excluding hydrogens is 388 g/mol. The zero-order valence-corrected chi connectivity index (χ0v) is 16.8. The van der Waals surface area contributed by atoms with Crippen molar-refractivity contribution >= 4 is 29.0 Å². The summed E-state index contributed by atoms with van der Waals surface area (Å²) in [5.74, 6) is 0.912. The van der Waals surface area contributed by atoms with Crippen LogP contribution in [0.3, 0.4) is 0 Å². The van der Waals surface area contributed by atoms with Crippen molar-refractivity contribution < 1.29 is 9.53 Å². The Morgan fingerprint density at radius 2 is 2.03 bits per heavy atom. The van der Waals surface area contributed by atoms with Gasteiger partial charge in [0.2, 0.25) is 0 Å². The van der Waals surface area contributed by atoms with Crippen molar-refractivity contribution in [2.75, 3.05) is 11.9 Å². The molecule has 0 saturated heterocycles. The number of rotatable bonds is 5. The molecule has 0 radical (unpaired) electrons. The van der Waals surface area contributed by atoms with Gasteiger partial charge in [-0.05, 0) is 56.3 Å². The smallest absolute Gasteiger partial charge is 0.260 e. The van der Waals surface area contributed by atoms with E-state index >= 15 is 0 Å². The maximum atomic E-state index is 12.9. The molecule has 7 heteroatoms. The van der Waals surface area contributed by atoms with E-state index in [0.29, 0.717) is 40.1 Å². The van der Waals surface area contributed by atoms with Crippen molar-refractivity contribution in [1.29, 1.82) is 0 Å². The number of ether oxygens (including phenoxy) is 1. The lowest BCUT2D eigenvalue weighted by Crippen LogP contribution is -2.14. The molecule has 0 saturated carbocycles. The molecule has 0 fully saturated rings. The minimum atomic E-state index is -0.276. The van der Waals surface area contributed by atoms with E-state index in [0.717, 1.165) is 11.3 Å². The molecule has 4 aromatic rings. The summed E-state index contributed by atoms with van der Waals surface area (Å²) in [6.45, 7) is 4.32. The van der Waals surface area contributed by atoms with Crippen LogP contribution in [0, 0.1) is 6.92 Å². The summed E-state index contributed by atoms with van der Waals surface area (Å²) in [5, 5.41) is 3.42. The van der Waals surface area contributed by atoms with E-state index in [1.165, 1.54) is 0 Å². The molecule has 0 aliphatic rings. The maximum Gasteiger partial charge on any atom is 0.260 e. The Kier molecular flexibility index (Phi) is 5.18. The van der Waals surface area contributed by atoms with Gasteiger partial charge in [-0.1, -0.05) is 17.7 Å². The number of hydrogen-bond acceptors (Lipinski definition) is 4. The third-order valence-electron chi connectivity index (χ3n) is 4.37. The molecule has 0 spiro atoms. The summed E-state index contributed by atoms with van der Waals surface area (Å²) < 4.78 is 7.52. The van der Waals surface area contributed by atoms with Crippen molar-refractivity contribution in [3.63, 3.8) is 0 Å². The van der Waals surface area contributed by atoms with Crippen LogP contribution in [0.1, 0.15) is 23.0 Å². The summed E-state index contributed by atoms with van der Waals surface area (Å²) in [4.78, 5) is 21.9. The molecule has 0 atom stereocenters. The van der Waals surface area contributed by atoms with Crippen molar-refractivity contribution in [1.82, 2.24) is 14.4 Å². The Morgan fingerprint density at radius 3 is 2.83 bits per heavy atom. The van der Waals surface area contributed by atoms with E-state index < -0.39 is 0 Å². The van der Waals surface area contributed by atoms with E-state index in [1.807, 2.05) is 54.9 Å². The Balaban J connectivity index is 1.75. The minimum Gasteiger partial charge on any atom is -0.493 e. The van der Waals surface area contributed by atoms with Crippen LogP contribution in [0.25, 0.3) is 16.9 Å². The summed E-state index contributed by atoms with van der Waals surface area (Å²) in [7, 11) is 0. The van der Waals surface area contributed by atoms with E-state index in [2.05, 4.69) is 10.3 Å². The standard InChI is InChI=1S/C22H19ClN4O2/c1-3-29-19-10-9-15(23)12-17(19)18-13-27-11-5-7-16(21(27)25-18)22(28)26-20-8-4-6-14(2)24-20/h4-13H,3H2,1-2H3,(H,24,26,28). The molecule has 6 nitrogen and oxygen atoms in total. The van der Waals surface area contributed by atoms with Crippen molar-refractivity contribution in [3.05, 3.63) is 77.2 Å². The fourth-order valence-corrected chi connectivity index (χ4v) is 3.27. The molecule has 0 aliphatic carbocycles. The number of carbonyl (C=O) groups excluding carboxylic acids is 1. The first kappa shape index (κ1) is 19.0. The average Bonchev–Trinajstić information content (AvgIpc) is 3.13. The second-order valence-corrected chi connectivity index (χ2v) is 6.91. The van der Waals surface area contributed by atoms with Crippen molar-refractivity contribution in [3.8, 4) is 17.0 Å². The number of aromatic nitrogens is 3. The monoisotopic (exact) mass is 406 g/mol. The molecular formula is C22H19ClN4O2. The molecule has 1 amide bonds. The highest BCUT2D eigenvalue weighted by molar-refractivity contribution is 6.31. The Morgan fingerprint density at radius 1 is 1.17 bits per heavy atom. The summed E-state index contributed by atoms with van der Waals surface area (Å²) in [5.41, 5.74) is 3.25. The summed E-state index contributed by atoms with van der Waals surface area (Å²) in [6.07, 6.45) is 3.70.